The molecule has 0 spiro atoms. The first-order valence-corrected chi connectivity index (χ1v) is 4.46. The first-order chi connectivity index (χ1) is 5.54. The summed E-state index contributed by atoms with van der Waals surface area (Å²) in [7, 11) is 2.05. The number of hydrogen-bond acceptors (Lipinski definition) is 2. The molecule has 0 radical (unpaired) electrons. The second-order valence-corrected chi connectivity index (χ2v) is 4.02. The molecule has 3 nitrogen and oxygen atoms in total. The Bertz CT molecular complexity index is 181. The molecule has 1 heterocycles. The molecule has 0 amide bonds. The quantitative estimate of drug-likeness (QED) is 0.644. The third-order valence-corrected chi connectivity index (χ3v) is 2.83. The number of carboxylic acids is 1. The van der Waals surface area contributed by atoms with E-state index in [2.05, 4.69) is 4.90 Å². The van der Waals surface area contributed by atoms with Crippen LogP contribution in [0.25, 0.3) is 0 Å². The van der Waals surface area contributed by atoms with E-state index in [0.717, 1.165) is 32.4 Å². The minimum Gasteiger partial charge on any atom is -0.481 e. The van der Waals surface area contributed by atoms with Crippen LogP contribution in [-0.4, -0.2) is 36.1 Å². The lowest BCUT2D eigenvalue weighted by Crippen LogP contribution is -2.28. The fraction of sp³-hybridized carbons (Fsp3) is 0.889. The van der Waals surface area contributed by atoms with Crippen molar-refractivity contribution in [1.82, 2.24) is 4.90 Å². The molecule has 1 saturated heterocycles. The molecule has 1 atom stereocenters. The van der Waals surface area contributed by atoms with Crippen LogP contribution in [0.3, 0.4) is 0 Å². The van der Waals surface area contributed by atoms with Gasteiger partial charge in [-0.25, -0.2) is 0 Å². The standard InChI is InChI=1S/C9H17NO2/c1-9(8(11)12)4-3-6-10(2)7-5-9/h3-7H2,1-2H3,(H,11,12)/t9-/m0/s1. The highest BCUT2D eigenvalue weighted by Gasteiger charge is 2.34. The van der Waals surface area contributed by atoms with Crippen molar-refractivity contribution < 1.29 is 9.90 Å². The van der Waals surface area contributed by atoms with Gasteiger partial charge in [0, 0.05) is 0 Å². The van der Waals surface area contributed by atoms with E-state index in [9.17, 15) is 4.79 Å². The van der Waals surface area contributed by atoms with Crippen LogP contribution in [0.5, 0.6) is 0 Å². The molecule has 1 N–H and O–H groups in total. The molecule has 0 aromatic rings. The van der Waals surface area contributed by atoms with E-state index < -0.39 is 11.4 Å². The fourth-order valence-electron chi connectivity index (χ4n) is 1.63. The molecule has 0 aliphatic carbocycles. The van der Waals surface area contributed by atoms with Gasteiger partial charge in [-0.05, 0) is 46.3 Å². The van der Waals surface area contributed by atoms with Gasteiger partial charge in [0.25, 0.3) is 0 Å². The van der Waals surface area contributed by atoms with Gasteiger partial charge in [-0.2, -0.15) is 0 Å². The normalized spacial score (nSPS) is 32.8. The average Bonchev–Trinajstić information content (AvgIpc) is 2.15. The Hall–Kier alpha value is -0.570. The predicted molar refractivity (Wildman–Crippen MR) is 47.1 cm³/mol. The Morgan fingerprint density at radius 2 is 2.08 bits per heavy atom. The number of likely N-dealkylation sites (tertiary alicyclic amines) is 1. The number of rotatable bonds is 1. The number of carboxylic acid groups (broad SMARTS) is 1. The third kappa shape index (κ3) is 1.97. The Labute approximate surface area is 73.4 Å². The lowest BCUT2D eigenvalue weighted by molar-refractivity contribution is -0.148. The molecule has 70 valence electrons. The zero-order valence-corrected chi connectivity index (χ0v) is 7.84. The Morgan fingerprint density at radius 1 is 1.42 bits per heavy atom. The second kappa shape index (κ2) is 3.44. The molecule has 1 aliphatic rings. The zero-order chi connectivity index (χ0) is 9.19. The van der Waals surface area contributed by atoms with Crippen molar-refractivity contribution in [3.63, 3.8) is 0 Å². The summed E-state index contributed by atoms with van der Waals surface area (Å²) in [6, 6.07) is 0. The van der Waals surface area contributed by atoms with Crippen molar-refractivity contribution >= 4 is 5.97 Å². The maximum absolute atomic E-state index is 10.9. The van der Waals surface area contributed by atoms with Crippen LogP contribution in [0.2, 0.25) is 0 Å². The van der Waals surface area contributed by atoms with Crippen LogP contribution in [0.15, 0.2) is 0 Å². The summed E-state index contributed by atoms with van der Waals surface area (Å²) in [5.41, 5.74) is -0.481. The molecule has 0 bridgehead atoms. The fourth-order valence-corrected chi connectivity index (χ4v) is 1.63. The molecule has 3 heteroatoms. The van der Waals surface area contributed by atoms with E-state index in [1.807, 2.05) is 14.0 Å². The van der Waals surface area contributed by atoms with Crippen molar-refractivity contribution in [2.45, 2.75) is 26.2 Å². The molecular formula is C9H17NO2. The maximum atomic E-state index is 10.9. The molecule has 1 fully saturated rings. The van der Waals surface area contributed by atoms with Crippen molar-refractivity contribution in [2.75, 3.05) is 20.1 Å². The van der Waals surface area contributed by atoms with Crippen molar-refractivity contribution in [1.29, 1.82) is 0 Å². The molecule has 12 heavy (non-hydrogen) atoms. The van der Waals surface area contributed by atoms with Crippen LogP contribution < -0.4 is 0 Å². The van der Waals surface area contributed by atoms with Gasteiger partial charge in [-0.1, -0.05) is 0 Å². The Balaban J connectivity index is 2.61. The van der Waals surface area contributed by atoms with Crippen LogP contribution in [-0.2, 0) is 4.79 Å². The molecule has 0 saturated carbocycles. The average molecular weight is 171 g/mol. The first kappa shape index (κ1) is 9.52. The van der Waals surface area contributed by atoms with E-state index in [1.165, 1.54) is 0 Å². The highest BCUT2D eigenvalue weighted by molar-refractivity contribution is 5.74. The third-order valence-electron chi connectivity index (χ3n) is 2.83. The van der Waals surface area contributed by atoms with Gasteiger partial charge in [-0.15, -0.1) is 0 Å². The number of aliphatic carboxylic acids is 1. The topological polar surface area (TPSA) is 40.5 Å². The van der Waals surface area contributed by atoms with E-state index >= 15 is 0 Å². The maximum Gasteiger partial charge on any atom is 0.309 e. The van der Waals surface area contributed by atoms with Crippen LogP contribution in [0.1, 0.15) is 26.2 Å². The minimum atomic E-state index is -0.641. The summed E-state index contributed by atoms with van der Waals surface area (Å²) < 4.78 is 0. The van der Waals surface area contributed by atoms with E-state index in [0.29, 0.717) is 0 Å². The summed E-state index contributed by atoms with van der Waals surface area (Å²) in [6.45, 7) is 3.79. The molecular weight excluding hydrogens is 154 g/mol. The Kier molecular flexibility index (Phi) is 2.73. The lowest BCUT2D eigenvalue weighted by Gasteiger charge is -2.22. The highest BCUT2D eigenvalue weighted by Crippen LogP contribution is 2.30. The summed E-state index contributed by atoms with van der Waals surface area (Å²) in [4.78, 5) is 13.1. The van der Waals surface area contributed by atoms with Gasteiger partial charge < -0.3 is 10.0 Å². The molecule has 1 aliphatic heterocycles. The smallest absolute Gasteiger partial charge is 0.309 e. The van der Waals surface area contributed by atoms with Crippen LogP contribution in [0, 0.1) is 5.41 Å². The molecule has 0 unspecified atom stereocenters. The number of hydrogen-bond donors (Lipinski definition) is 1. The van der Waals surface area contributed by atoms with Crippen molar-refractivity contribution in [3.8, 4) is 0 Å². The van der Waals surface area contributed by atoms with E-state index in [1.54, 1.807) is 0 Å². The van der Waals surface area contributed by atoms with Crippen molar-refractivity contribution in [2.24, 2.45) is 5.41 Å². The van der Waals surface area contributed by atoms with E-state index in [-0.39, 0.29) is 0 Å². The zero-order valence-electron chi connectivity index (χ0n) is 7.84. The monoisotopic (exact) mass is 171 g/mol. The highest BCUT2D eigenvalue weighted by atomic mass is 16.4. The summed E-state index contributed by atoms with van der Waals surface area (Å²) >= 11 is 0. The predicted octanol–water partition coefficient (Wildman–Crippen LogP) is 1.19. The van der Waals surface area contributed by atoms with Gasteiger partial charge in [0.2, 0.25) is 0 Å². The summed E-state index contributed by atoms with van der Waals surface area (Å²) in [6.07, 6.45) is 2.59. The Morgan fingerprint density at radius 3 is 2.67 bits per heavy atom. The van der Waals surface area contributed by atoms with Gasteiger partial charge in [0.1, 0.15) is 0 Å². The molecule has 0 aromatic heterocycles. The van der Waals surface area contributed by atoms with Crippen molar-refractivity contribution in [3.05, 3.63) is 0 Å². The summed E-state index contributed by atoms with van der Waals surface area (Å²) in [5.74, 6) is -0.641. The number of nitrogens with zero attached hydrogens (tertiary/aromatic N) is 1. The second-order valence-electron chi connectivity index (χ2n) is 4.02. The largest absolute Gasteiger partial charge is 0.481 e. The van der Waals surface area contributed by atoms with Gasteiger partial charge in [0.05, 0.1) is 5.41 Å². The summed E-state index contributed by atoms with van der Waals surface area (Å²) in [5, 5.41) is 8.99. The van der Waals surface area contributed by atoms with Crippen LogP contribution >= 0.6 is 0 Å². The molecule has 1 rings (SSSR count). The van der Waals surface area contributed by atoms with Crippen LogP contribution in [0.4, 0.5) is 0 Å². The van der Waals surface area contributed by atoms with Gasteiger partial charge >= 0.3 is 5.97 Å². The SMILES string of the molecule is CN1CCC[C@](C)(C(=O)O)CC1. The van der Waals surface area contributed by atoms with Gasteiger partial charge in [-0.3, -0.25) is 4.79 Å². The van der Waals surface area contributed by atoms with E-state index in [4.69, 9.17) is 5.11 Å². The first-order valence-electron chi connectivity index (χ1n) is 4.46. The van der Waals surface area contributed by atoms with Gasteiger partial charge in [0.15, 0.2) is 0 Å². The minimum absolute atomic E-state index is 0.481. The number of carbonyl (C=O) groups is 1. The molecule has 0 aromatic carbocycles. The lowest BCUT2D eigenvalue weighted by atomic mass is 9.83.